The number of nitrogens with one attached hydrogen (secondary N) is 1. The molecule has 0 bridgehead atoms. The van der Waals surface area contributed by atoms with Gasteiger partial charge in [0, 0.05) is 23.4 Å². The van der Waals surface area contributed by atoms with Gasteiger partial charge in [-0.15, -0.1) is 0 Å². The van der Waals surface area contributed by atoms with E-state index in [0.29, 0.717) is 22.7 Å². The van der Waals surface area contributed by atoms with Crippen LogP contribution in [0.2, 0.25) is 5.02 Å². The van der Waals surface area contributed by atoms with Gasteiger partial charge in [-0.05, 0) is 36.4 Å². The largest absolute Gasteiger partial charge is 0.497 e. The molecular formula is C19H17ClFNO5. The summed E-state index contributed by atoms with van der Waals surface area (Å²) in [5.41, 5.74) is 0.932. The molecule has 0 aromatic heterocycles. The van der Waals surface area contributed by atoms with Gasteiger partial charge in [0.15, 0.2) is 6.61 Å². The highest BCUT2D eigenvalue weighted by molar-refractivity contribution is 6.31. The zero-order chi connectivity index (χ0) is 19.8. The average molecular weight is 394 g/mol. The molecule has 0 heterocycles. The second kappa shape index (κ2) is 9.59. The van der Waals surface area contributed by atoms with Crippen LogP contribution in [0.3, 0.4) is 0 Å². The van der Waals surface area contributed by atoms with Gasteiger partial charge in [-0.2, -0.15) is 0 Å². The highest BCUT2D eigenvalue weighted by atomic mass is 35.5. The van der Waals surface area contributed by atoms with E-state index in [0.717, 1.165) is 6.07 Å². The third-order valence-electron chi connectivity index (χ3n) is 3.39. The van der Waals surface area contributed by atoms with E-state index in [9.17, 15) is 14.0 Å². The Morgan fingerprint density at radius 1 is 1.15 bits per heavy atom. The summed E-state index contributed by atoms with van der Waals surface area (Å²) in [7, 11) is 3.03. The van der Waals surface area contributed by atoms with Gasteiger partial charge in [-0.25, -0.2) is 9.18 Å². The number of methoxy groups -OCH3 is 2. The first-order valence-electron chi connectivity index (χ1n) is 7.74. The van der Waals surface area contributed by atoms with Crippen molar-refractivity contribution in [3.05, 3.63) is 58.9 Å². The number of hydrogen-bond donors (Lipinski definition) is 1. The van der Waals surface area contributed by atoms with Gasteiger partial charge in [-0.1, -0.05) is 11.6 Å². The molecule has 27 heavy (non-hydrogen) atoms. The molecule has 0 unspecified atom stereocenters. The van der Waals surface area contributed by atoms with Gasteiger partial charge in [0.2, 0.25) is 0 Å². The van der Waals surface area contributed by atoms with E-state index in [1.807, 2.05) is 0 Å². The molecule has 6 nitrogen and oxygen atoms in total. The predicted octanol–water partition coefficient (Wildman–Crippen LogP) is 3.69. The smallest absolute Gasteiger partial charge is 0.331 e. The van der Waals surface area contributed by atoms with Crippen LogP contribution in [-0.4, -0.2) is 32.7 Å². The van der Waals surface area contributed by atoms with Crippen LogP contribution in [0.4, 0.5) is 10.1 Å². The van der Waals surface area contributed by atoms with E-state index in [1.54, 1.807) is 18.2 Å². The lowest BCUT2D eigenvalue weighted by Crippen LogP contribution is -2.20. The van der Waals surface area contributed by atoms with Crippen molar-refractivity contribution in [3.63, 3.8) is 0 Å². The van der Waals surface area contributed by atoms with Crippen molar-refractivity contribution in [2.45, 2.75) is 0 Å². The van der Waals surface area contributed by atoms with Gasteiger partial charge in [0.25, 0.3) is 5.91 Å². The van der Waals surface area contributed by atoms with E-state index in [2.05, 4.69) is 5.32 Å². The fraction of sp³-hybridized carbons (Fsp3) is 0.158. The van der Waals surface area contributed by atoms with Gasteiger partial charge in [-0.3, -0.25) is 4.79 Å². The first-order valence-corrected chi connectivity index (χ1v) is 8.12. The molecule has 0 atom stereocenters. The lowest BCUT2D eigenvalue weighted by atomic mass is 10.2. The summed E-state index contributed by atoms with van der Waals surface area (Å²) in [6, 6.07) is 8.83. The predicted molar refractivity (Wildman–Crippen MR) is 99.6 cm³/mol. The van der Waals surface area contributed by atoms with Crippen LogP contribution >= 0.6 is 11.6 Å². The number of ether oxygens (including phenoxy) is 3. The Bertz CT molecular complexity index is 869. The van der Waals surface area contributed by atoms with E-state index < -0.39 is 24.3 Å². The molecule has 0 fully saturated rings. The molecular weight excluding hydrogens is 377 g/mol. The summed E-state index contributed by atoms with van der Waals surface area (Å²) in [5, 5.41) is 2.32. The SMILES string of the molecule is COc1ccc(/C=C/C(=O)OCC(=O)Nc2ccc(F)c(Cl)c2)c(OC)c1. The maximum Gasteiger partial charge on any atom is 0.331 e. The average Bonchev–Trinajstić information content (AvgIpc) is 2.67. The second-order valence-electron chi connectivity index (χ2n) is 5.23. The van der Waals surface area contributed by atoms with Crippen molar-refractivity contribution in [3.8, 4) is 11.5 Å². The molecule has 142 valence electrons. The maximum absolute atomic E-state index is 13.1. The quantitative estimate of drug-likeness (QED) is 0.573. The van der Waals surface area contributed by atoms with Crippen LogP contribution in [-0.2, 0) is 14.3 Å². The highest BCUT2D eigenvalue weighted by Gasteiger charge is 2.08. The Morgan fingerprint density at radius 3 is 2.59 bits per heavy atom. The standard InChI is InChI=1S/C19H17ClFNO5/c1-25-14-6-3-12(17(10-14)26-2)4-8-19(24)27-11-18(23)22-13-5-7-16(21)15(20)9-13/h3-10H,11H2,1-2H3,(H,22,23)/b8-4+. The lowest BCUT2D eigenvalue weighted by Gasteiger charge is -2.07. The molecule has 0 spiro atoms. The maximum atomic E-state index is 13.1. The number of benzene rings is 2. The third kappa shape index (κ3) is 6.00. The van der Waals surface area contributed by atoms with Gasteiger partial charge < -0.3 is 19.5 Å². The summed E-state index contributed by atoms with van der Waals surface area (Å²) in [6.45, 7) is -0.502. The fourth-order valence-electron chi connectivity index (χ4n) is 2.07. The highest BCUT2D eigenvalue weighted by Crippen LogP contribution is 2.25. The lowest BCUT2D eigenvalue weighted by molar-refractivity contribution is -0.142. The van der Waals surface area contributed by atoms with Gasteiger partial charge >= 0.3 is 5.97 Å². The number of rotatable bonds is 7. The van der Waals surface area contributed by atoms with Crippen LogP contribution in [0.5, 0.6) is 11.5 Å². The van der Waals surface area contributed by atoms with Gasteiger partial charge in [0.05, 0.1) is 19.2 Å². The molecule has 0 aliphatic rings. The number of hydrogen-bond acceptors (Lipinski definition) is 5. The zero-order valence-corrected chi connectivity index (χ0v) is 15.4. The molecule has 0 radical (unpaired) electrons. The molecule has 1 amide bonds. The zero-order valence-electron chi connectivity index (χ0n) is 14.6. The van der Waals surface area contributed by atoms with Crippen molar-refractivity contribution in [1.82, 2.24) is 0 Å². The summed E-state index contributed by atoms with van der Waals surface area (Å²) in [6.07, 6.45) is 2.67. The summed E-state index contributed by atoms with van der Waals surface area (Å²) < 4.78 is 28.2. The van der Waals surface area contributed by atoms with Crippen molar-refractivity contribution < 1.29 is 28.2 Å². The van der Waals surface area contributed by atoms with Crippen LogP contribution in [0.25, 0.3) is 6.08 Å². The first-order chi connectivity index (χ1) is 12.9. The van der Waals surface area contributed by atoms with E-state index >= 15 is 0 Å². The first kappa shape index (κ1) is 20.3. The van der Waals surface area contributed by atoms with Crippen molar-refractivity contribution in [2.24, 2.45) is 0 Å². The molecule has 0 aliphatic heterocycles. The van der Waals surface area contributed by atoms with Crippen molar-refractivity contribution >= 4 is 35.2 Å². The summed E-state index contributed by atoms with van der Waals surface area (Å²) in [5.74, 6) is -0.754. The minimum absolute atomic E-state index is 0.124. The monoisotopic (exact) mass is 393 g/mol. The van der Waals surface area contributed by atoms with Gasteiger partial charge in [0.1, 0.15) is 17.3 Å². The van der Waals surface area contributed by atoms with Crippen LogP contribution in [0, 0.1) is 5.82 Å². The molecule has 1 N–H and O–H groups in total. The molecule has 2 aromatic rings. The number of halogens is 2. The van der Waals surface area contributed by atoms with Crippen LogP contribution < -0.4 is 14.8 Å². The Kier molecular flexibility index (Phi) is 7.19. The second-order valence-corrected chi connectivity index (χ2v) is 5.63. The molecule has 0 saturated heterocycles. The Morgan fingerprint density at radius 2 is 1.93 bits per heavy atom. The van der Waals surface area contributed by atoms with E-state index in [1.165, 1.54) is 38.5 Å². The Hall–Kier alpha value is -3.06. The van der Waals surface area contributed by atoms with Crippen LogP contribution in [0.15, 0.2) is 42.5 Å². The molecule has 8 heteroatoms. The minimum Gasteiger partial charge on any atom is -0.497 e. The Labute approximate surface area is 160 Å². The number of carbonyl (C=O) groups excluding carboxylic acids is 2. The van der Waals surface area contributed by atoms with E-state index in [-0.39, 0.29) is 5.02 Å². The molecule has 0 aliphatic carbocycles. The Balaban J connectivity index is 1.89. The van der Waals surface area contributed by atoms with E-state index in [4.69, 9.17) is 25.8 Å². The van der Waals surface area contributed by atoms with Crippen molar-refractivity contribution in [1.29, 1.82) is 0 Å². The molecule has 0 saturated carbocycles. The third-order valence-corrected chi connectivity index (χ3v) is 3.68. The fourth-order valence-corrected chi connectivity index (χ4v) is 2.25. The molecule has 2 aromatic carbocycles. The number of anilines is 1. The number of carbonyl (C=O) groups is 2. The molecule has 2 rings (SSSR count). The minimum atomic E-state index is -0.708. The topological polar surface area (TPSA) is 73.9 Å². The normalized spacial score (nSPS) is 10.5. The number of amides is 1. The summed E-state index contributed by atoms with van der Waals surface area (Å²) >= 11 is 5.63. The van der Waals surface area contributed by atoms with Crippen molar-refractivity contribution in [2.75, 3.05) is 26.1 Å². The summed E-state index contributed by atoms with van der Waals surface area (Å²) in [4.78, 5) is 23.5. The van der Waals surface area contributed by atoms with Crippen LogP contribution in [0.1, 0.15) is 5.56 Å². The number of esters is 1.